The maximum atomic E-state index is 11.7. The Hall–Kier alpha value is -4.20. The summed E-state index contributed by atoms with van der Waals surface area (Å²) in [6.07, 6.45) is 2.69. The zero-order valence-corrected chi connectivity index (χ0v) is 33.8. The Morgan fingerprint density at radius 1 is 0.673 bits per heavy atom. The average molecular weight is 686 g/mol. The molecule has 0 aliphatic heterocycles. The number of amides is 1. The number of para-hydroxylation sites is 6. The van der Waals surface area contributed by atoms with Crippen LogP contribution < -0.4 is 30.2 Å². The van der Waals surface area contributed by atoms with Gasteiger partial charge in [0, 0.05) is 25.4 Å². The molecule has 0 spiro atoms. The molecule has 0 saturated heterocycles. The number of nitrogens with zero attached hydrogens (tertiary/aromatic N) is 1. The minimum Gasteiger partial charge on any atom is -0.495 e. The molecule has 3 aromatic carbocycles. The molecule has 0 aliphatic carbocycles. The Labute approximate surface area is 300 Å². The van der Waals surface area contributed by atoms with Gasteiger partial charge >= 0.3 is 0 Å². The molecule has 0 fully saturated rings. The van der Waals surface area contributed by atoms with Crippen molar-refractivity contribution in [2.24, 2.45) is 0 Å². The second-order valence-electron chi connectivity index (χ2n) is 9.77. The van der Waals surface area contributed by atoms with Gasteiger partial charge in [-0.05, 0) is 70.0 Å². The Bertz CT molecular complexity index is 1200. The minimum atomic E-state index is 0.0406. The molecule has 3 rings (SSSR count). The fourth-order valence-electron chi connectivity index (χ4n) is 3.53. The van der Waals surface area contributed by atoms with Crippen LogP contribution in [0.2, 0.25) is 0 Å². The highest BCUT2D eigenvalue weighted by Crippen LogP contribution is 2.30. The van der Waals surface area contributed by atoms with Crippen molar-refractivity contribution in [3.8, 4) is 17.2 Å². The van der Waals surface area contributed by atoms with Gasteiger partial charge in [0.15, 0.2) is 0 Å². The largest absolute Gasteiger partial charge is 0.495 e. The first-order valence-corrected chi connectivity index (χ1v) is 17.7. The highest BCUT2D eigenvalue weighted by atomic mass is 16.5. The highest BCUT2D eigenvalue weighted by molar-refractivity contribution is 5.93. The molecule has 0 heterocycles. The van der Waals surface area contributed by atoms with Crippen molar-refractivity contribution in [3.05, 3.63) is 72.8 Å². The van der Waals surface area contributed by atoms with Crippen LogP contribution in [-0.4, -0.2) is 45.1 Å². The van der Waals surface area contributed by atoms with Crippen LogP contribution in [0.1, 0.15) is 109 Å². The molecular weight excluding hydrogens is 614 g/mol. The van der Waals surface area contributed by atoms with Crippen molar-refractivity contribution < 1.29 is 23.8 Å². The highest BCUT2D eigenvalue weighted by Gasteiger charge is 2.20. The van der Waals surface area contributed by atoms with Gasteiger partial charge < -0.3 is 35.0 Å². The summed E-state index contributed by atoms with van der Waals surface area (Å²) < 4.78 is 15.4. The third kappa shape index (κ3) is 23.7. The number of methoxy groups -OCH3 is 3. The predicted octanol–water partition coefficient (Wildman–Crippen LogP) is 11.1. The van der Waals surface area contributed by atoms with E-state index in [4.69, 9.17) is 19.9 Å². The lowest BCUT2D eigenvalue weighted by molar-refractivity contribution is -0.117. The molecule has 8 nitrogen and oxygen atoms in total. The van der Waals surface area contributed by atoms with Gasteiger partial charge in [-0.15, -0.1) is 0 Å². The molecule has 3 aromatic rings. The quantitative estimate of drug-likeness (QED) is 0.205. The number of ketones is 1. The van der Waals surface area contributed by atoms with E-state index in [1.165, 1.54) is 0 Å². The van der Waals surface area contributed by atoms with Crippen molar-refractivity contribution in [1.29, 1.82) is 0 Å². The number of carbonyl (C=O) groups excluding carboxylic acids is 2. The van der Waals surface area contributed by atoms with E-state index >= 15 is 0 Å². The van der Waals surface area contributed by atoms with E-state index in [9.17, 15) is 9.59 Å². The van der Waals surface area contributed by atoms with Gasteiger partial charge in [0.2, 0.25) is 5.91 Å². The van der Waals surface area contributed by atoms with Crippen LogP contribution in [0.3, 0.4) is 0 Å². The summed E-state index contributed by atoms with van der Waals surface area (Å²) in [5, 5.41) is 3.39. The lowest BCUT2D eigenvalue weighted by atomic mass is 10.1. The SMILES string of the molecule is CC.CC.CC.CCC(C)=O.CCC(C)N(C(C)=O)c1ccccc1OC.CCC(C)Nc1ccccc1OC.COc1ccccc1N. The molecule has 8 heteroatoms. The second-order valence-corrected chi connectivity index (χ2v) is 9.77. The Morgan fingerprint density at radius 3 is 1.45 bits per heavy atom. The van der Waals surface area contributed by atoms with Crippen molar-refractivity contribution in [2.45, 2.75) is 121 Å². The lowest BCUT2D eigenvalue weighted by Gasteiger charge is -2.28. The molecule has 0 aliphatic rings. The molecule has 2 unspecified atom stereocenters. The van der Waals surface area contributed by atoms with E-state index in [0.717, 1.165) is 41.5 Å². The number of hydrogen-bond acceptors (Lipinski definition) is 7. The van der Waals surface area contributed by atoms with E-state index in [2.05, 4.69) is 26.1 Å². The Balaban J connectivity index is -0.000000276. The zero-order valence-electron chi connectivity index (χ0n) is 33.8. The van der Waals surface area contributed by atoms with Crippen LogP contribution >= 0.6 is 0 Å². The lowest BCUT2D eigenvalue weighted by Crippen LogP contribution is -2.36. The number of anilines is 3. The van der Waals surface area contributed by atoms with Crippen LogP contribution in [0.5, 0.6) is 17.2 Å². The van der Waals surface area contributed by atoms with Crippen LogP contribution in [0, 0.1) is 0 Å². The topological polar surface area (TPSA) is 103 Å². The summed E-state index contributed by atoms with van der Waals surface area (Å²) in [6, 6.07) is 23.6. The maximum absolute atomic E-state index is 11.7. The van der Waals surface area contributed by atoms with Gasteiger partial charge in [-0.1, -0.05) is 98.7 Å². The molecule has 3 N–H and O–H groups in total. The number of Topliss-reactive ketones (excluding diaryl/α,β-unsaturated/α-hetero) is 1. The first kappa shape index (κ1) is 51.6. The van der Waals surface area contributed by atoms with Crippen LogP contribution in [0.4, 0.5) is 17.1 Å². The average Bonchev–Trinajstić information content (AvgIpc) is 3.15. The monoisotopic (exact) mass is 686 g/mol. The van der Waals surface area contributed by atoms with Crippen molar-refractivity contribution in [2.75, 3.05) is 37.3 Å². The summed E-state index contributed by atoms with van der Waals surface area (Å²) >= 11 is 0. The molecule has 2 atom stereocenters. The zero-order chi connectivity index (χ0) is 38.8. The first-order chi connectivity index (χ1) is 23.5. The van der Waals surface area contributed by atoms with Crippen molar-refractivity contribution in [3.63, 3.8) is 0 Å². The van der Waals surface area contributed by atoms with Gasteiger partial charge in [-0.2, -0.15) is 0 Å². The molecule has 0 radical (unpaired) electrons. The fraction of sp³-hybridized carbons (Fsp3) is 0.512. The predicted molar refractivity (Wildman–Crippen MR) is 215 cm³/mol. The summed E-state index contributed by atoms with van der Waals surface area (Å²) in [6.45, 7) is 25.4. The molecule has 0 bridgehead atoms. The summed E-state index contributed by atoms with van der Waals surface area (Å²) in [7, 11) is 4.91. The number of nitrogens with one attached hydrogen (secondary N) is 1. The van der Waals surface area contributed by atoms with Crippen molar-refractivity contribution >= 4 is 28.8 Å². The van der Waals surface area contributed by atoms with Crippen LogP contribution in [0.15, 0.2) is 72.8 Å². The van der Waals surface area contributed by atoms with Crippen LogP contribution in [0.25, 0.3) is 0 Å². The molecule has 0 aromatic heterocycles. The third-order valence-electron chi connectivity index (χ3n) is 6.47. The maximum Gasteiger partial charge on any atom is 0.224 e. The van der Waals surface area contributed by atoms with E-state index < -0.39 is 0 Å². The summed E-state index contributed by atoms with van der Waals surface area (Å²) in [4.78, 5) is 23.3. The summed E-state index contributed by atoms with van der Waals surface area (Å²) in [5.41, 5.74) is 8.10. The molecule has 49 heavy (non-hydrogen) atoms. The smallest absolute Gasteiger partial charge is 0.224 e. The molecule has 280 valence electrons. The van der Waals surface area contributed by atoms with Gasteiger partial charge in [0.25, 0.3) is 0 Å². The van der Waals surface area contributed by atoms with E-state index in [-0.39, 0.29) is 17.7 Å². The number of rotatable bonds is 10. The standard InChI is InChI=1S/C13H19NO2.C11H17NO.C7H9NO.C4H8O.3C2H6/c1-5-10(2)14(11(3)15)12-8-6-7-9-13(12)16-4;1-4-9(2)12-10-7-5-6-8-11(10)13-3;1-9-7-5-3-2-4-6(7)8;1-3-4(2)5;3*1-2/h6-10H,5H2,1-4H3;5-9,12H,4H2,1-3H3;2-5H,8H2,1H3;3H2,1-2H3;3*1-2H3. The number of nitrogens with two attached hydrogens (primary N) is 1. The third-order valence-corrected chi connectivity index (χ3v) is 6.47. The minimum absolute atomic E-state index is 0.0406. The fourth-order valence-corrected chi connectivity index (χ4v) is 3.53. The Morgan fingerprint density at radius 2 is 1.08 bits per heavy atom. The van der Waals surface area contributed by atoms with Gasteiger partial charge in [0.05, 0.1) is 38.4 Å². The number of nitrogen functional groups attached to an aromatic ring is 1. The van der Waals surface area contributed by atoms with E-state index in [1.807, 2.05) is 122 Å². The number of ether oxygens (including phenoxy) is 3. The number of carbonyl (C=O) groups is 2. The van der Waals surface area contributed by atoms with E-state index in [1.54, 1.807) is 46.1 Å². The van der Waals surface area contributed by atoms with Crippen LogP contribution in [-0.2, 0) is 9.59 Å². The summed E-state index contributed by atoms with van der Waals surface area (Å²) in [5.74, 6) is 2.67. The number of hydrogen-bond donors (Lipinski definition) is 2. The molecule has 0 saturated carbocycles. The molecule has 1 amide bonds. The normalized spacial score (nSPS) is 9.96. The molecular formula is C41H71N3O5. The Kier molecular flexibility index (Phi) is 37.0. The van der Waals surface area contributed by atoms with E-state index in [0.29, 0.717) is 18.2 Å². The number of benzene rings is 3. The van der Waals surface area contributed by atoms with Gasteiger partial charge in [-0.3, -0.25) is 4.79 Å². The van der Waals surface area contributed by atoms with Gasteiger partial charge in [-0.25, -0.2) is 0 Å². The second kappa shape index (κ2) is 35.1. The van der Waals surface area contributed by atoms with Gasteiger partial charge in [0.1, 0.15) is 23.0 Å². The first-order valence-electron chi connectivity index (χ1n) is 17.7. The van der Waals surface area contributed by atoms with Crippen molar-refractivity contribution in [1.82, 2.24) is 0 Å².